The summed E-state index contributed by atoms with van der Waals surface area (Å²) in [5.41, 5.74) is 11.3. The third-order valence-electron chi connectivity index (χ3n) is 9.07. The number of nitrogens with two attached hydrogens (primary N) is 1. The van der Waals surface area contributed by atoms with Crippen molar-refractivity contribution in [2.75, 3.05) is 45.9 Å². The third kappa shape index (κ3) is 8.00. The number of primary amides is 1. The Morgan fingerprint density at radius 1 is 1.13 bits per heavy atom. The summed E-state index contributed by atoms with van der Waals surface area (Å²) in [5, 5.41) is 9.53. The number of ether oxygens (including phenoxy) is 2. The zero-order chi connectivity index (χ0) is 32.9. The molecule has 248 valence electrons. The predicted molar refractivity (Wildman–Crippen MR) is 181 cm³/mol. The Bertz CT molecular complexity index is 1690. The molecule has 0 spiro atoms. The van der Waals surface area contributed by atoms with Crippen LogP contribution >= 0.6 is 23.2 Å². The summed E-state index contributed by atoms with van der Waals surface area (Å²) in [7, 11) is 0. The summed E-state index contributed by atoms with van der Waals surface area (Å²) in [5.74, 6) is 4.82. The number of hydrogen-bond donors (Lipinski definition) is 2. The first-order valence-corrected chi connectivity index (χ1v) is 16.9. The molecule has 3 aromatic rings. The van der Waals surface area contributed by atoms with Gasteiger partial charge in [-0.2, -0.15) is 5.10 Å². The van der Waals surface area contributed by atoms with Gasteiger partial charge in [0.15, 0.2) is 0 Å². The van der Waals surface area contributed by atoms with Crippen LogP contribution in [0.4, 0.5) is 0 Å². The number of nitrogens with zero attached hydrogens (tertiary/aromatic N) is 4. The van der Waals surface area contributed by atoms with E-state index in [0.29, 0.717) is 41.2 Å². The normalized spacial score (nSPS) is 19.7. The van der Waals surface area contributed by atoms with Crippen molar-refractivity contribution in [1.82, 2.24) is 24.9 Å². The Kier molecular flexibility index (Phi) is 10.8. The van der Waals surface area contributed by atoms with E-state index in [0.717, 1.165) is 92.4 Å². The first-order chi connectivity index (χ1) is 22.8. The van der Waals surface area contributed by atoms with Crippen molar-refractivity contribution < 1.29 is 19.1 Å². The van der Waals surface area contributed by atoms with Crippen LogP contribution in [0.5, 0.6) is 0 Å². The van der Waals surface area contributed by atoms with Gasteiger partial charge < -0.3 is 25.4 Å². The molecule has 6 rings (SSSR count). The minimum absolute atomic E-state index is 0.186. The number of carbonyl (C=O) groups excluding carboxylic acids is 2. The highest BCUT2D eigenvalue weighted by Crippen LogP contribution is 2.32. The molecule has 3 aliphatic rings. The summed E-state index contributed by atoms with van der Waals surface area (Å²) in [6.07, 6.45) is 2.67. The van der Waals surface area contributed by atoms with Gasteiger partial charge in [0.05, 0.1) is 43.2 Å². The number of rotatable bonds is 8. The van der Waals surface area contributed by atoms with E-state index in [1.165, 1.54) is 4.90 Å². The lowest BCUT2D eigenvalue weighted by molar-refractivity contribution is -0.144. The molecule has 10 nitrogen and oxygen atoms in total. The monoisotopic (exact) mass is 678 g/mol. The van der Waals surface area contributed by atoms with Crippen molar-refractivity contribution in [3.63, 3.8) is 0 Å². The summed E-state index contributed by atoms with van der Waals surface area (Å²) in [6.45, 7) is 9.18. The van der Waals surface area contributed by atoms with Crippen LogP contribution < -0.4 is 11.1 Å². The average molecular weight is 680 g/mol. The van der Waals surface area contributed by atoms with E-state index in [4.69, 9.17) is 43.5 Å². The standard InChI is InChI=1S/C35H40Cl2N6O4/c1-23-21-46-16-15-41(23)12-2-13-43-32-10-14-42(35(45)34(38)44)20-29(32)33(40-43)26-6-8-30(36)25(18-26)5-3-24-4-7-31(37)27(17-24)22-47-28-9-11-39-19-28/h4,6-8,17-18,23,28,39H,2,9-16,19-22H2,1H3,(H2,38,44)/t23-,28?/m0/s1. The summed E-state index contributed by atoms with van der Waals surface area (Å²) >= 11 is 13.1. The van der Waals surface area contributed by atoms with Gasteiger partial charge in [0.25, 0.3) is 0 Å². The Balaban J connectivity index is 1.25. The van der Waals surface area contributed by atoms with Crippen LogP contribution in [0.3, 0.4) is 0 Å². The maximum atomic E-state index is 12.6. The van der Waals surface area contributed by atoms with E-state index in [1.54, 1.807) is 0 Å². The van der Waals surface area contributed by atoms with Crippen LogP contribution in [0.1, 0.15) is 47.7 Å². The molecular formula is C35H40Cl2N6O4. The average Bonchev–Trinajstić information content (AvgIpc) is 3.73. The van der Waals surface area contributed by atoms with E-state index < -0.39 is 11.8 Å². The summed E-state index contributed by atoms with van der Waals surface area (Å²) < 4.78 is 13.7. The van der Waals surface area contributed by atoms with Gasteiger partial charge in [0, 0.05) is 78.2 Å². The fraction of sp³-hybridized carbons (Fsp3) is 0.457. The Labute approximate surface area is 285 Å². The minimum Gasteiger partial charge on any atom is -0.379 e. The maximum Gasteiger partial charge on any atom is 0.311 e. The molecule has 0 aliphatic carbocycles. The van der Waals surface area contributed by atoms with Crippen molar-refractivity contribution in [3.05, 3.63) is 74.4 Å². The first kappa shape index (κ1) is 33.5. The molecule has 2 amide bonds. The number of fused-ring (bicyclic) bond motifs is 1. The number of morpholine rings is 1. The molecule has 47 heavy (non-hydrogen) atoms. The molecule has 1 unspecified atom stereocenters. The van der Waals surface area contributed by atoms with E-state index in [2.05, 4.69) is 33.7 Å². The number of aryl methyl sites for hydroxylation is 1. The predicted octanol–water partition coefficient (Wildman–Crippen LogP) is 3.62. The summed E-state index contributed by atoms with van der Waals surface area (Å²) in [6, 6.07) is 11.7. The highest BCUT2D eigenvalue weighted by atomic mass is 35.5. The molecule has 4 heterocycles. The Hall–Kier alpha value is -3.43. The molecule has 0 saturated carbocycles. The zero-order valence-electron chi connectivity index (χ0n) is 26.6. The summed E-state index contributed by atoms with van der Waals surface area (Å²) in [4.78, 5) is 28.3. The molecule has 1 aromatic heterocycles. The van der Waals surface area contributed by atoms with Crippen molar-refractivity contribution >= 4 is 35.0 Å². The van der Waals surface area contributed by atoms with E-state index in [-0.39, 0.29) is 12.6 Å². The lowest BCUT2D eigenvalue weighted by atomic mass is 9.99. The number of aromatic nitrogens is 2. The van der Waals surface area contributed by atoms with Crippen LogP contribution in [0.25, 0.3) is 11.3 Å². The molecule has 3 aliphatic heterocycles. The molecule has 0 radical (unpaired) electrons. The van der Waals surface area contributed by atoms with Crippen molar-refractivity contribution in [1.29, 1.82) is 0 Å². The molecule has 2 atom stereocenters. The van der Waals surface area contributed by atoms with Crippen LogP contribution in [0.15, 0.2) is 36.4 Å². The molecule has 2 saturated heterocycles. The molecule has 0 bridgehead atoms. The first-order valence-electron chi connectivity index (χ1n) is 16.2. The number of nitrogens with one attached hydrogen (secondary N) is 1. The van der Waals surface area contributed by atoms with Gasteiger partial charge in [-0.25, -0.2) is 0 Å². The molecule has 2 aromatic carbocycles. The van der Waals surface area contributed by atoms with Crippen LogP contribution in [0.2, 0.25) is 10.0 Å². The molecule has 2 fully saturated rings. The van der Waals surface area contributed by atoms with Gasteiger partial charge in [-0.05, 0) is 62.2 Å². The van der Waals surface area contributed by atoms with Gasteiger partial charge >= 0.3 is 11.8 Å². The number of amides is 2. The fourth-order valence-electron chi connectivity index (χ4n) is 6.40. The second kappa shape index (κ2) is 15.2. The van der Waals surface area contributed by atoms with Gasteiger partial charge in [-0.1, -0.05) is 41.1 Å². The SMILES string of the molecule is C[C@H]1COCCN1CCCn1nc(-c2ccc(Cl)c(C#Cc3ccc(Cl)c(COC4CCNC4)c3)c2)c2c1CCN(C(=O)C(N)=O)C2. The van der Waals surface area contributed by atoms with Crippen molar-refractivity contribution in [2.45, 2.75) is 58.0 Å². The second-order valence-electron chi connectivity index (χ2n) is 12.3. The second-order valence-corrected chi connectivity index (χ2v) is 13.1. The lowest BCUT2D eigenvalue weighted by Crippen LogP contribution is -2.44. The number of carbonyl (C=O) groups is 2. The minimum atomic E-state index is -0.960. The molecule has 12 heteroatoms. The number of halogens is 2. The van der Waals surface area contributed by atoms with Gasteiger partial charge in [-0.3, -0.25) is 19.2 Å². The maximum absolute atomic E-state index is 12.6. The Morgan fingerprint density at radius 2 is 1.98 bits per heavy atom. The lowest BCUT2D eigenvalue weighted by Gasteiger charge is -2.33. The number of hydrogen-bond acceptors (Lipinski definition) is 7. The fourth-order valence-corrected chi connectivity index (χ4v) is 6.74. The third-order valence-corrected chi connectivity index (χ3v) is 9.77. The molecular weight excluding hydrogens is 639 g/mol. The van der Waals surface area contributed by atoms with Crippen LogP contribution in [-0.2, 0) is 45.2 Å². The van der Waals surface area contributed by atoms with Crippen molar-refractivity contribution in [3.8, 4) is 23.1 Å². The smallest absolute Gasteiger partial charge is 0.311 e. The van der Waals surface area contributed by atoms with Crippen molar-refractivity contribution in [2.24, 2.45) is 5.73 Å². The van der Waals surface area contributed by atoms with Crippen LogP contribution in [-0.4, -0.2) is 89.5 Å². The molecule has 3 N–H and O–H groups in total. The largest absolute Gasteiger partial charge is 0.379 e. The van der Waals surface area contributed by atoms with Gasteiger partial charge in [0.2, 0.25) is 0 Å². The highest BCUT2D eigenvalue weighted by Gasteiger charge is 2.30. The number of benzene rings is 2. The van der Waals surface area contributed by atoms with E-state index in [1.807, 2.05) is 36.4 Å². The Morgan fingerprint density at radius 3 is 2.77 bits per heavy atom. The quantitative estimate of drug-likeness (QED) is 0.276. The van der Waals surface area contributed by atoms with E-state index in [9.17, 15) is 9.59 Å². The van der Waals surface area contributed by atoms with E-state index >= 15 is 0 Å². The highest BCUT2D eigenvalue weighted by molar-refractivity contribution is 6.34. The van der Waals surface area contributed by atoms with Gasteiger partial charge in [-0.15, -0.1) is 0 Å². The zero-order valence-corrected chi connectivity index (χ0v) is 28.1. The topological polar surface area (TPSA) is 115 Å². The van der Waals surface area contributed by atoms with Crippen LogP contribution in [0, 0.1) is 11.8 Å². The van der Waals surface area contributed by atoms with Gasteiger partial charge in [0.1, 0.15) is 0 Å².